The molecule has 108 valence electrons. The van der Waals surface area contributed by atoms with E-state index in [1.54, 1.807) is 12.1 Å². The molecule has 1 unspecified atom stereocenters. The predicted molar refractivity (Wildman–Crippen MR) is 84.8 cm³/mol. The van der Waals surface area contributed by atoms with Crippen molar-refractivity contribution >= 4 is 22.2 Å². The molecule has 0 radical (unpaired) electrons. The summed E-state index contributed by atoms with van der Waals surface area (Å²) >= 11 is 0. The Hall–Kier alpha value is -1.36. The third kappa shape index (κ3) is 3.82. The van der Waals surface area contributed by atoms with Crippen molar-refractivity contribution in [2.45, 2.75) is 17.9 Å². The first-order valence-corrected chi connectivity index (χ1v) is 7.93. The molecule has 0 fully saturated rings. The van der Waals surface area contributed by atoms with Gasteiger partial charge in [0.1, 0.15) is 0 Å². The molecule has 2 aromatic rings. The van der Waals surface area contributed by atoms with Gasteiger partial charge < -0.3 is 5.73 Å². The van der Waals surface area contributed by atoms with Gasteiger partial charge >= 0.3 is 0 Å². The Labute approximate surface area is 126 Å². The van der Waals surface area contributed by atoms with Crippen molar-refractivity contribution in [2.75, 3.05) is 6.26 Å². The lowest BCUT2D eigenvalue weighted by atomic mass is 10.0. The molecule has 0 aromatic heterocycles. The first-order valence-electron chi connectivity index (χ1n) is 6.04. The number of halogens is 1. The molecule has 0 bridgehead atoms. The van der Waals surface area contributed by atoms with Crippen molar-refractivity contribution in [3.63, 3.8) is 0 Å². The lowest BCUT2D eigenvalue weighted by molar-refractivity contribution is 0.602. The smallest absolute Gasteiger partial charge is 0.175 e. The van der Waals surface area contributed by atoms with Crippen molar-refractivity contribution in [1.82, 2.24) is 0 Å². The Bertz CT molecular complexity index is 679. The largest absolute Gasteiger partial charge is 0.324 e. The van der Waals surface area contributed by atoms with E-state index >= 15 is 0 Å². The average molecular weight is 312 g/mol. The van der Waals surface area contributed by atoms with E-state index in [1.165, 1.54) is 6.26 Å². The van der Waals surface area contributed by atoms with Crippen LogP contribution in [0.25, 0.3) is 11.1 Å². The van der Waals surface area contributed by atoms with Crippen LogP contribution in [0.15, 0.2) is 53.4 Å². The van der Waals surface area contributed by atoms with Crippen molar-refractivity contribution in [1.29, 1.82) is 0 Å². The molecule has 0 saturated heterocycles. The van der Waals surface area contributed by atoms with E-state index in [0.717, 1.165) is 16.7 Å². The maximum absolute atomic E-state index is 11.4. The van der Waals surface area contributed by atoms with E-state index in [1.807, 2.05) is 43.3 Å². The summed E-state index contributed by atoms with van der Waals surface area (Å²) in [6, 6.07) is 14.8. The molecule has 2 N–H and O–H groups in total. The molecule has 0 amide bonds. The second-order valence-corrected chi connectivity index (χ2v) is 6.73. The summed E-state index contributed by atoms with van der Waals surface area (Å²) in [5, 5.41) is 0. The molecular formula is C15H18ClNO2S. The van der Waals surface area contributed by atoms with E-state index < -0.39 is 9.84 Å². The lowest BCUT2D eigenvalue weighted by Crippen LogP contribution is -2.04. The van der Waals surface area contributed by atoms with E-state index in [9.17, 15) is 8.42 Å². The summed E-state index contributed by atoms with van der Waals surface area (Å²) in [6.45, 7) is 1.94. The van der Waals surface area contributed by atoms with Crippen LogP contribution in [0.1, 0.15) is 18.5 Å². The standard InChI is InChI=1S/C15H17NO2S.ClH/c1-11(16)13-4-3-5-14(10-13)12-6-8-15(9-7-12)19(2,17)18;/h3-11H,16H2,1-2H3;1H. The quantitative estimate of drug-likeness (QED) is 0.947. The molecule has 0 aliphatic heterocycles. The average Bonchev–Trinajstić information content (AvgIpc) is 2.38. The topological polar surface area (TPSA) is 60.2 Å². The van der Waals surface area contributed by atoms with Crippen LogP contribution in [0.3, 0.4) is 0 Å². The van der Waals surface area contributed by atoms with Crippen LogP contribution in [0.5, 0.6) is 0 Å². The summed E-state index contributed by atoms with van der Waals surface area (Å²) in [5.41, 5.74) is 8.94. The maximum Gasteiger partial charge on any atom is 0.175 e. The SMILES string of the molecule is CC(N)c1cccc(-c2ccc(S(C)(=O)=O)cc2)c1.Cl. The van der Waals surface area contributed by atoms with Gasteiger partial charge in [0.2, 0.25) is 0 Å². The second kappa shape index (κ2) is 6.39. The molecule has 0 aliphatic rings. The zero-order valence-electron chi connectivity index (χ0n) is 11.4. The zero-order chi connectivity index (χ0) is 14.0. The molecule has 0 saturated carbocycles. The molecule has 3 nitrogen and oxygen atoms in total. The first-order chi connectivity index (χ1) is 8.88. The number of sulfone groups is 1. The van der Waals surface area contributed by atoms with Gasteiger partial charge in [-0.3, -0.25) is 0 Å². The van der Waals surface area contributed by atoms with Crippen molar-refractivity contribution in [3.05, 3.63) is 54.1 Å². The van der Waals surface area contributed by atoms with Gasteiger partial charge in [-0.25, -0.2) is 8.42 Å². The third-order valence-electron chi connectivity index (χ3n) is 3.03. The van der Waals surface area contributed by atoms with Crippen LogP contribution in [-0.4, -0.2) is 14.7 Å². The Morgan fingerprint density at radius 3 is 2.10 bits per heavy atom. The van der Waals surface area contributed by atoms with Gasteiger partial charge in [-0.05, 0) is 41.8 Å². The molecule has 2 aromatic carbocycles. The minimum Gasteiger partial charge on any atom is -0.324 e. The molecule has 0 heterocycles. The molecule has 0 aliphatic carbocycles. The van der Waals surface area contributed by atoms with Gasteiger partial charge in [0.25, 0.3) is 0 Å². The summed E-state index contributed by atoms with van der Waals surface area (Å²) < 4.78 is 22.8. The van der Waals surface area contributed by atoms with Crippen LogP contribution >= 0.6 is 12.4 Å². The van der Waals surface area contributed by atoms with Gasteiger partial charge in [-0.2, -0.15) is 0 Å². The summed E-state index contributed by atoms with van der Waals surface area (Å²) in [4.78, 5) is 0.333. The highest BCUT2D eigenvalue weighted by Gasteiger charge is 2.07. The van der Waals surface area contributed by atoms with Gasteiger partial charge in [0, 0.05) is 12.3 Å². The minimum absolute atomic E-state index is 0. The Morgan fingerprint density at radius 2 is 1.60 bits per heavy atom. The number of hydrogen-bond acceptors (Lipinski definition) is 3. The number of benzene rings is 2. The molecule has 2 rings (SSSR count). The highest BCUT2D eigenvalue weighted by Crippen LogP contribution is 2.23. The molecule has 0 spiro atoms. The maximum atomic E-state index is 11.4. The minimum atomic E-state index is -3.14. The fourth-order valence-electron chi connectivity index (χ4n) is 1.90. The van der Waals surface area contributed by atoms with Crippen molar-refractivity contribution in [3.8, 4) is 11.1 Å². The lowest BCUT2D eigenvalue weighted by Gasteiger charge is -2.09. The summed E-state index contributed by atoms with van der Waals surface area (Å²) in [7, 11) is -3.14. The number of rotatable bonds is 3. The Morgan fingerprint density at radius 1 is 1.00 bits per heavy atom. The van der Waals surface area contributed by atoms with Crippen LogP contribution in [0.4, 0.5) is 0 Å². The monoisotopic (exact) mass is 311 g/mol. The normalized spacial score (nSPS) is 12.6. The zero-order valence-corrected chi connectivity index (χ0v) is 13.0. The van der Waals surface area contributed by atoms with Gasteiger partial charge in [0.15, 0.2) is 9.84 Å². The molecule has 5 heteroatoms. The highest BCUT2D eigenvalue weighted by molar-refractivity contribution is 7.90. The fourth-order valence-corrected chi connectivity index (χ4v) is 2.53. The van der Waals surface area contributed by atoms with Crippen molar-refractivity contribution in [2.24, 2.45) is 5.73 Å². The molecule has 1 atom stereocenters. The number of nitrogens with two attached hydrogens (primary N) is 1. The third-order valence-corrected chi connectivity index (χ3v) is 4.16. The predicted octanol–water partition coefficient (Wildman–Crippen LogP) is 3.20. The molecular weight excluding hydrogens is 294 g/mol. The number of hydrogen-bond donors (Lipinski definition) is 1. The van der Waals surface area contributed by atoms with Crippen LogP contribution in [0, 0.1) is 0 Å². The Balaban J connectivity index is 0.00000200. The van der Waals surface area contributed by atoms with Crippen LogP contribution in [-0.2, 0) is 9.84 Å². The van der Waals surface area contributed by atoms with Gasteiger partial charge in [-0.15, -0.1) is 12.4 Å². The van der Waals surface area contributed by atoms with E-state index in [-0.39, 0.29) is 18.4 Å². The van der Waals surface area contributed by atoms with Crippen LogP contribution < -0.4 is 5.73 Å². The van der Waals surface area contributed by atoms with E-state index in [4.69, 9.17) is 5.73 Å². The second-order valence-electron chi connectivity index (χ2n) is 4.71. The molecule has 20 heavy (non-hydrogen) atoms. The summed E-state index contributed by atoms with van der Waals surface area (Å²) in [5.74, 6) is 0. The van der Waals surface area contributed by atoms with Gasteiger partial charge in [-0.1, -0.05) is 30.3 Å². The first kappa shape index (κ1) is 16.7. The van der Waals surface area contributed by atoms with Crippen LogP contribution in [0.2, 0.25) is 0 Å². The fraction of sp³-hybridized carbons (Fsp3) is 0.200. The van der Waals surface area contributed by atoms with Gasteiger partial charge in [0.05, 0.1) is 4.90 Å². The van der Waals surface area contributed by atoms with E-state index in [0.29, 0.717) is 4.90 Å². The highest BCUT2D eigenvalue weighted by atomic mass is 35.5. The Kier molecular flexibility index (Phi) is 5.34. The van der Waals surface area contributed by atoms with Crippen molar-refractivity contribution < 1.29 is 8.42 Å². The summed E-state index contributed by atoms with van der Waals surface area (Å²) in [6.07, 6.45) is 1.21. The van der Waals surface area contributed by atoms with E-state index in [2.05, 4.69) is 0 Å².